The second-order valence-corrected chi connectivity index (χ2v) is 4.76. The van der Waals surface area contributed by atoms with Crippen LogP contribution in [-0.2, 0) is 10.2 Å². The minimum absolute atomic E-state index is 0.0423. The molecule has 0 aliphatic heterocycles. The molecular formula is C14H23NO2. The standard InChI is InChI=1S/C14H23NO2/c1-11-5-4-6-13(7-11)14(9-15,10-16)8-12(2)17-3/h4-7,12,16H,8-10,15H2,1-3H3. The molecule has 0 radical (unpaired) electrons. The number of nitrogens with two attached hydrogens (primary N) is 1. The van der Waals surface area contributed by atoms with Crippen molar-refractivity contribution in [2.75, 3.05) is 20.3 Å². The zero-order valence-corrected chi connectivity index (χ0v) is 10.9. The Bertz CT molecular complexity index is 348. The number of aryl methyl sites for hydroxylation is 1. The van der Waals surface area contributed by atoms with Crippen molar-refractivity contribution >= 4 is 0 Å². The Hall–Kier alpha value is -0.900. The van der Waals surface area contributed by atoms with E-state index in [1.165, 1.54) is 5.56 Å². The van der Waals surface area contributed by atoms with Gasteiger partial charge in [-0.1, -0.05) is 29.8 Å². The summed E-state index contributed by atoms with van der Waals surface area (Å²) in [6, 6.07) is 8.16. The molecule has 3 heteroatoms. The molecule has 0 saturated heterocycles. The van der Waals surface area contributed by atoms with Gasteiger partial charge in [-0.15, -0.1) is 0 Å². The maximum atomic E-state index is 9.73. The number of hydrogen-bond donors (Lipinski definition) is 2. The molecule has 0 aromatic heterocycles. The Kier molecular flexibility index (Phi) is 5.12. The zero-order valence-electron chi connectivity index (χ0n) is 10.9. The van der Waals surface area contributed by atoms with Crippen LogP contribution in [0, 0.1) is 6.92 Å². The quantitative estimate of drug-likeness (QED) is 0.790. The number of benzene rings is 1. The van der Waals surface area contributed by atoms with Crippen LogP contribution >= 0.6 is 0 Å². The SMILES string of the molecule is COC(C)CC(CN)(CO)c1cccc(C)c1. The van der Waals surface area contributed by atoms with Crippen LogP contribution in [0.4, 0.5) is 0 Å². The summed E-state index contributed by atoms with van der Waals surface area (Å²) in [5.74, 6) is 0. The lowest BCUT2D eigenvalue weighted by Gasteiger charge is -2.33. The molecular weight excluding hydrogens is 214 g/mol. The van der Waals surface area contributed by atoms with Crippen LogP contribution in [0.2, 0.25) is 0 Å². The second-order valence-electron chi connectivity index (χ2n) is 4.76. The van der Waals surface area contributed by atoms with Crippen molar-refractivity contribution in [3.05, 3.63) is 35.4 Å². The molecule has 0 bridgehead atoms. The summed E-state index contributed by atoms with van der Waals surface area (Å²) in [4.78, 5) is 0. The van der Waals surface area contributed by atoms with E-state index >= 15 is 0 Å². The number of methoxy groups -OCH3 is 1. The minimum Gasteiger partial charge on any atom is -0.395 e. The van der Waals surface area contributed by atoms with E-state index in [1.807, 2.05) is 32.0 Å². The molecule has 3 nitrogen and oxygen atoms in total. The average Bonchev–Trinajstić information content (AvgIpc) is 2.35. The zero-order chi connectivity index (χ0) is 12.9. The summed E-state index contributed by atoms with van der Waals surface area (Å²) >= 11 is 0. The van der Waals surface area contributed by atoms with Crippen molar-refractivity contribution in [2.24, 2.45) is 5.73 Å². The van der Waals surface area contributed by atoms with E-state index in [-0.39, 0.29) is 12.7 Å². The molecule has 1 aromatic carbocycles. The van der Waals surface area contributed by atoms with Crippen LogP contribution in [0.15, 0.2) is 24.3 Å². The van der Waals surface area contributed by atoms with E-state index in [0.717, 1.165) is 12.0 Å². The largest absolute Gasteiger partial charge is 0.395 e. The Morgan fingerprint density at radius 3 is 2.65 bits per heavy atom. The molecule has 0 saturated carbocycles. The summed E-state index contributed by atoms with van der Waals surface area (Å²) in [6.45, 7) is 4.50. The van der Waals surface area contributed by atoms with Gasteiger partial charge in [0.05, 0.1) is 12.7 Å². The molecule has 0 aliphatic carbocycles. The Morgan fingerprint density at radius 1 is 1.47 bits per heavy atom. The highest BCUT2D eigenvalue weighted by Gasteiger charge is 2.32. The first-order valence-corrected chi connectivity index (χ1v) is 5.99. The molecule has 0 spiro atoms. The topological polar surface area (TPSA) is 55.5 Å². The fourth-order valence-electron chi connectivity index (χ4n) is 2.15. The summed E-state index contributed by atoms with van der Waals surface area (Å²) in [5, 5.41) is 9.73. The molecule has 2 atom stereocenters. The van der Waals surface area contributed by atoms with Crippen molar-refractivity contribution < 1.29 is 9.84 Å². The molecule has 0 heterocycles. The summed E-state index contributed by atoms with van der Waals surface area (Å²) in [6.07, 6.45) is 0.797. The van der Waals surface area contributed by atoms with Crippen molar-refractivity contribution in [2.45, 2.75) is 31.8 Å². The van der Waals surface area contributed by atoms with Crippen LogP contribution in [0.5, 0.6) is 0 Å². The van der Waals surface area contributed by atoms with Gasteiger partial charge in [-0.05, 0) is 25.8 Å². The van der Waals surface area contributed by atoms with Gasteiger partial charge in [0.15, 0.2) is 0 Å². The third kappa shape index (κ3) is 3.28. The third-order valence-electron chi connectivity index (χ3n) is 3.40. The van der Waals surface area contributed by atoms with E-state index in [9.17, 15) is 5.11 Å². The summed E-state index contributed by atoms with van der Waals surface area (Å²) in [5.41, 5.74) is 7.76. The Labute approximate surface area is 104 Å². The van der Waals surface area contributed by atoms with Gasteiger partial charge >= 0.3 is 0 Å². The molecule has 2 unspecified atom stereocenters. The van der Waals surface area contributed by atoms with Crippen LogP contribution in [0.25, 0.3) is 0 Å². The second kappa shape index (κ2) is 6.15. The molecule has 0 amide bonds. The number of rotatable bonds is 6. The van der Waals surface area contributed by atoms with E-state index in [2.05, 4.69) is 6.07 Å². The van der Waals surface area contributed by atoms with E-state index in [1.54, 1.807) is 7.11 Å². The highest BCUT2D eigenvalue weighted by Crippen LogP contribution is 2.29. The monoisotopic (exact) mass is 237 g/mol. The van der Waals surface area contributed by atoms with Crippen molar-refractivity contribution in [3.8, 4) is 0 Å². The van der Waals surface area contributed by atoms with Gasteiger partial charge in [-0.3, -0.25) is 0 Å². The summed E-state index contributed by atoms with van der Waals surface area (Å²) in [7, 11) is 1.68. The first-order chi connectivity index (χ1) is 8.07. The first kappa shape index (κ1) is 14.2. The number of ether oxygens (including phenoxy) is 1. The Morgan fingerprint density at radius 2 is 2.18 bits per heavy atom. The highest BCUT2D eigenvalue weighted by atomic mass is 16.5. The number of hydrogen-bond acceptors (Lipinski definition) is 3. The summed E-state index contributed by atoms with van der Waals surface area (Å²) < 4.78 is 5.29. The fourth-order valence-corrected chi connectivity index (χ4v) is 2.15. The van der Waals surface area contributed by atoms with Gasteiger partial charge in [0, 0.05) is 19.1 Å². The van der Waals surface area contributed by atoms with E-state index < -0.39 is 5.41 Å². The highest BCUT2D eigenvalue weighted by molar-refractivity contribution is 5.30. The molecule has 96 valence electrons. The third-order valence-corrected chi connectivity index (χ3v) is 3.40. The fraction of sp³-hybridized carbons (Fsp3) is 0.571. The van der Waals surface area contributed by atoms with Crippen LogP contribution in [-0.4, -0.2) is 31.5 Å². The molecule has 1 aromatic rings. The Balaban J connectivity index is 3.06. The first-order valence-electron chi connectivity index (χ1n) is 5.99. The lowest BCUT2D eigenvalue weighted by Crippen LogP contribution is -2.41. The van der Waals surface area contributed by atoms with Crippen molar-refractivity contribution in [3.63, 3.8) is 0 Å². The molecule has 3 N–H and O–H groups in total. The van der Waals surface area contributed by atoms with Crippen molar-refractivity contribution in [1.29, 1.82) is 0 Å². The maximum Gasteiger partial charge on any atom is 0.0553 e. The number of aliphatic hydroxyl groups is 1. The predicted octanol–water partition coefficient (Wildman–Crippen LogP) is 1.61. The molecule has 0 aliphatic rings. The lowest BCUT2D eigenvalue weighted by molar-refractivity contribution is 0.0689. The predicted molar refractivity (Wildman–Crippen MR) is 70.1 cm³/mol. The van der Waals surface area contributed by atoms with Gasteiger partial charge in [-0.25, -0.2) is 0 Å². The van der Waals surface area contributed by atoms with Gasteiger partial charge < -0.3 is 15.6 Å². The molecule has 0 fully saturated rings. The average molecular weight is 237 g/mol. The molecule has 1 rings (SSSR count). The normalized spacial score (nSPS) is 16.5. The lowest BCUT2D eigenvalue weighted by atomic mass is 9.76. The van der Waals surface area contributed by atoms with Gasteiger partial charge in [0.2, 0.25) is 0 Å². The number of aliphatic hydroxyl groups excluding tert-OH is 1. The maximum absolute atomic E-state index is 9.73. The van der Waals surface area contributed by atoms with Crippen LogP contribution in [0.3, 0.4) is 0 Å². The van der Waals surface area contributed by atoms with Crippen LogP contribution < -0.4 is 5.73 Å². The van der Waals surface area contributed by atoms with Gasteiger partial charge in [0.1, 0.15) is 0 Å². The van der Waals surface area contributed by atoms with Crippen LogP contribution in [0.1, 0.15) is 24.5 Å². The minimum atomic E-state index is -0.401. The molecule has 17 heavy (non-hydrogen) atoms. The van der Waals surface area contributed by atoms with Crippen molar-refractivity contribution in [1.82, 2.24) is 0 Å². The smallest absolute Gasteiger partial charge is 0.0553 e. The van der Waals surface area contributed by atoms with E-state index in [4.69, 9.17) is 10.5 Å². The van der Waals surface area contributed by atoms with Gasteiger partial charge in [-0.2, -0.15) is 0 Å². The van der Waals surface area contributed by atoms with Gasteiger partial charge in [0.25, 0.3) is 0 Å². The van der Waals surface area contributed by atoms with E-state index in [0.29, 0.717) is 6.54 Å².